The summed E-state index contributed by atoms with van der Waals surface area (Å²) in [5, 5.41) is 12.5. The molecule has 0 amide bonds. The molecule has 0 radical (unpaired) electrons. The first-order valence-electron chi connectivity index (χ1n) is 10.6. The molecular formula is C24H24O5S2. The maximum atomic E-state index is 13.2. The van der Waals surface area contributed by atoms with Gasteiger partial charge in [0.2, 0.25) is 6.79 Å². The normalized spacial score (nSPS) is 30.1. The number of aliphatic hydroxyl groups is 1. The zero-order chi connectivity index (χ0) is 21.4. The molecule has 1 spiro atoms. The van der Waals surface area contributed by atoms with Crippen molar-refractivity contribution in [2.75, 3.05) is 24.9 Å². The summed E-state index contributed by atoms with van der Waals surface area (Å²) in [5.41, 5.74) is 3.40. The highest BCUT2D eigenvalue weighted by molar-refractivity contribution is 8.18. The van der Waals surface area contributed by atoms with E-state index in [9.17, 15) is 9.90 Å². The van der Waals surface area contributed by atoms with Crippen molar-refractivity contribution in [3.8, 4) is 11.5 Å². The van der Waals surface area contributed by atoms with Crippen LogP contribution in [0, 0.1) is 25.7 Å². The van der Waals surface area contributed by atoms with Gasteiger partial charge in [-0.2, -0.15) is 0 Å². The second-order valence-electron chi connectivity index (χ2n) is 8.75. The van der Waals surface area contributed by atoms with Gasteiger partial charge in [0.05, 0.1) is 10.7 Å². The SMILES string of the molecule is Cc1cc2c(cc1C)[C@@](O)(c1ccc3c(c1)OCO3)[C@H]1C(=O)OC[C@H]1C21SCCCS1. The molecule has 3 heterocycles. The Morgan fingerprint density at radius 2 is 1.68 bits per heavy atom. The fraction of sp³-hybridized carbons (Fsp3) is 0.458. The minimum Gasteiger partial charge on any atom is -0.465 e. The fourth-order valence-corrected chi connectivity index (χ4v) is 9.17. The van der Waals surface area contributed by atoms with Crippen LogP contribution in [0.5, 0.6) is 11.5 Å². The Morgan fingerprint density at radius 3 is 2.45 bits per heavy atom. The van der Waals surface area contributed by atoms with Gasteiger partial charge < -0.3 is 19.3 Å². The third kappa shape index (κ3) is 2.60. The number of fused-ring (bicyclic) bond motifs is 5. The van der Waals surface area contributed by atoms with Crippen LogP contribution in [-0.4, -0.2) is 36.0 Å². The summed E-state index contributed by atoms with van der Waals surface area (Å²) < 4.78 is 16.4. The van der Waals surface area contributed by atoms with Crippen LogP contribution in [0.25, 0.3) is 0 Å². The van der Waals surface area contributed by atoms with Crippen molar-refractivity contribution < 1.29 is 24.1 Å². The largest absolute Gasteiger partial charge is 0.465 e. The van der Waals surface area contributed by atoms with Gasteiger partial charge in [-0.3, -0.25) is 4.79 Å². The van der Waals surface area contributed by atoms with Crippen LogP contribution >= 0.6 is 23.5 Å². The summed E-state index contributed by atoms with van der Waals surface area (Å²) in [5.74, 6) is 2.24. The van der Waals surface area contributed by atoms with E-state index in [1.807, 2.05) is 41.7 Å². The zero-order valence-electron chi connectivity index (χ0n) is 17.5. The van der Waals surface area contributed by atoms with Gasteiger partial charge in [0.25, 0.3) is 0 Å². The number of ether oxygens (including phenoxy) is 3. The molecule has 7 heteroatoms. The third-order valence-corrected chi connectivity index (χ3v) is 10.7. The van der Waals surface area contributed by atoms with Gasteiger partial charge in [-0.15, -0.1) is 23.5 Å². The predicted octanol–water partition coefficient (Wildman–Crippen LogP) is 4.09. The molecule has 31 heavy (non-hydrogen) atoms. The van der Waals surface area contributed by atoms with Crippen LogP contribution in [-0.2, 0) is 19.2 Å². The van der Waals surface area contributed by atoms with Crippen molar-refractivity contribution in [3.63, 3.8) is 0 Å². The molecule has 5 nitrogen and oxygen atoms in total. The first-order valence-corrected chi connectivity index (χ1v) is 12.6. The highest BCUT2D eigenvalue weighted by Crippen LogP contribution is 2.66. The Morgan fingerprint density at radius 1 is 0.968 bits per heavy atom. The van der Waals surface area contributed by atoms with E-state index in [2.05, 4.69) is 26.0 Å². The van der Waals surface area contributed by atoms with Crippen molar-refractivity contribution in [2.24, 2.45) is 11.8 Å². The Labute approximate surface area is 189 Å². The Hall–Kier alpha value is -1.83. The number of carbonyl (C=O) groups is 1. The zero-order valence-corrected chi connectivity index (χ0v) is 19.1. The van der Waals surface area contributed by atoms with E-state index in [-0.39, 0.29) is 22.8 Å². The number of hydrogen-bond acceptors (Lipinski definition) is 7. The van der Waals surface area contributed by atoms with Crippen molar-refractivity contribution in [1.82, 2.24) is 0 Å². The summed E-state index contributed by atoms with van der Waals surface area (Å²) in [6.45, 7) is 4.67. The van der Waals surface area contributed by atoms with E-state index in [1.165, 1.54) is 5.56 Å². The van der Waals surface area contributed by atoms with E-state index >= 15 is 0 Å². The Kier molecular flexibility index (Phi) is 4.37. The molecule has 3 atom stereocenters. The molecule has 0 saturated carbocycles. The fourth-order valence-electron chi connectivity index (χ4n) is 5.49. The van der Waals surface area contributed by atoms with E-state index < -0.39 is 11.5 Å². The molecule has 0 unspecified atom stereocenters. The van der Waals surface area contributed by atoms with E-state index in [0.717, 1.165) is 34.6 Å². The molecule has 2 aromatic carbocycles. The lowest BCUT2D eigenvalue weighted by molar-refractivity contribution is -0.148. The second kappa shape index (κ2) is 6.83. The van der Waals surface area contributed by atoms with Crippen LogP contribution in [0.3, 0.4) is 0 Å². The maximum Gasteiger partial charge on any atom is 0.313 e. The van der Waals surface area contributed by atoms with Gasteiger partial charge in [0.15, 0.2) is 11.5 Å². The molecule has 2 aromatic rings. The second-order valence-corrected chi connectivity index (χ2v) is 11.7. The van der Waals surface area contributed by atoms with Crippen LogP contribution < -0.4 is 9.47 Å². The van der Waals surface area contributed by atoms with E-state index in [0.29, 0.717) is 23.7 Å². The lowest BCUT2D eigenvalue weighted by Crippen LogP contribution is -2.53. The van der Waals surface area contributed by atoms with E-state index in [4.69, 9.17) is 14.2 Å². The van der Waals surface area contributed by atoms with Gasteiger partial charge in [-0.05, 0) is 71.7 Å². The van der Waals surface area contributed by atoms with Crippen LogP contribution in [0.4, 0.5) is 0 Å². The topological polar surface area (TPSA) is 65.0 Å². The molecule has 6 rings (SSSR count). The molecule has 162 valence electrons. The minimum atomic E-state index is -1.49. The number of carbonyl (C=O) groups excluding carboxylic acids is 1. The van der Waals surface area contributed by atoms with Crippen molar-refractivity contribution in [1.29, 1.82) is 0 Å². The number of hydrogen-bond donors (Lipinski definition) is 1. The predicted molar refractivity (Wildman–Crippen MR) is 121 cm³/mol. The molecule has 2 fully saturated rings. The molecular weight excluding hydrogens is 432 g/mol. The monoisotopic (exact) mass is 456 g/mol. The summed E-state index contributed by atoms with van der Waals surface area (Å²) in [7, 11) is 0. The minimum absolute atomic E-state index is 0.111. The first kappa shape index (κ1) is 19.8. The molecule has 1 aliphatic carbocycles. The standard InChI is InChI=1S/C24H24O5S2/c1-13-8-16-17(9-14(13)2)24(30-6-3-7-31-24)18-11-27-22(25)21(18)23(16,26)15-4-5-19-20(10-15)29-12-28-19/h4-5,8-10,18,21,26H,3,6-7,11-12H2,1-2H3/t18-,21-,23+/m1/s1. The van der Waals surface area contributed by atoms with Crippen LogP contribution in [0.2, 0.25) is 0 Å². The highest BCUT2D eigenvalue weighted by atomic mass is 32.2. The number of esters is 1. The average Bonchev–Trinajstić information content (AvgIpc) is 3.41. The molecule has 1 N–H and O–H groups in total. The summed E-state index contributed by atoms with van der Waals surface area (Å²) >= 11 is 3.83. The van der Waals surface area contributed by atoms with Gasteiger partial charge in [0.1, 0.15) is 11.5 Å². The van der Waals surface area contributed by atoms with Gasteiger partial charge in [-0.25, -0.2) is 0 Å². The smallest absolute Gasteiger partial charge is 0.313 e. The highest BCUT2D eigenvalue weighted by Gasteiger charge is 2.65. The average molecular weight is 457 g/mol. The van der Waals surface area contributed by atoms with Crippen molar-refractivity contribution in [3.05, 3.63) is 58.1 Å². The maximum absolute atomic E-state index is 13.2. The molecule has 4 aliphatic rings. The lowest BCUT2D eigenvalue weighted by Gasteiger charge is -2.52. The van der Waals surface area contributed by atoms with Gasteiger partial charge in [-0.1, -0.05) is 18.2 Å². The van der Waals surface area contributed by atoms with Gasteiger partial charge in [0, 0.05) is 5.92 Å². The van der Waals surface area contributed by atoms with E-state index in [1.54, 1.807) is 0 Å². The van der Waals surface area contributed by atoms with Crippen LogP contribution in [0.15, 0.2) is 30.3 Å². The molecule has 2 saturated heterocycles. The lowest BCUT2D eigenvalue weighted by atomic mass is 9.63. The first-order chi connectivity index (χ1) is 14.9. The third-order valence-electron chi connectivity index (χ3n) is 7.15. The molecule has 3 aliphatic heterocycles. The quantitative estimate of drug-likeness (QED) is 0.649. The van der Waals surface area contributed by atoms with Gasteiger partial charge >= 0.3 is 5.97 Å². The Bertz CT molecular complexity index is 1090. The Balaban J connectivity index is 1.65. The number of rotatable bonds is 1. The molecule has 0 bridgehead atoms. The number of thioether (sulfide) groups is 2. The number of benzene rings is 2. The number of cyclic esters (lactones) is 1. The molecule has 0 aromatic heterocycles. The summed E-state index contributed by atoms with van der Waals surface area (Å²) in [6.07, 6.45) is 1.15. The van der Waals surface area contributed by atoms with Crippen molar-refractivity contribution >= 4 is 29.5 Å². The summed E-state index contributed by atoms with van der Waals surface area (Å²) in [4.78, 5) is 13.2. The van der Waals surface area contributed by atoms with Crippen LogP contribution in [0.1, 0.15) is 34.2 Å². The van der Waals surface area contributed by atoms with Crippen molar-refractivity contribution in [2.45, 2.75) is 29.9 Å². The summed E-state index contributed by atoms with van der Waals surface area (Å²) in [6, 6.07) is 9.80. The number of aryl methyl sites for hydroxylation is 2.